The molecule has 0 bridgehead atoms. The highest BCUT2D eigenvalue weighted by atomic mass is 16.4. The number of carboxylic acids is 1. The summed E-state index contributed by atoms with van der Waals surface area (Å²) in [5.74, 6) is -1.78. The minimum atomic E-state index is -0.979. The molecule has 0 spiro atoms. The first-order valence-electron chi connectivity index (χ1n) is 7.15. The molecule has 1 aromatic rings. The van der Waals surface area contributed by atoms with Crippen molar-refractivity contribution in [1.29, 1.82) is 0 Å². The smallest absolute Gasteiger partial charge is 0.307 e. The molecule has 0 aromatic carbocycles. The van der Waals surface area contributed by atoms with Crippen molar-refractivity contribution < 1.29 is 14.7 Å². The molecule has 0 fully saturated rings. The van der Waals surface area contributed by atoms with Gasteiger partial charge in [0.15, 0.2) is 0 Å². The van der Waals surface area contributed by atoms with E-state index in [2.05, 4.69) is 29.0 Å². The van der Waals surface area contributed by atoms with Crippen LogP contribution in [0.1, 0.15) is 27.7 Å². The molecule has 0 saturated carbocycles. The third kappa shape index (κ3) is 4.44. The molecule has 6 heteroatoms. The van der Waals surface area contributed by atoms with Crippen molar-refractivity contribution in [2.75, 3.05) is 23.3 Å². The van der Waals surface area contributed by atoms with Crippen LogP contribution in [-0.2, 0) is 9.59 Å². The van der Waals surface area contributed by atoms with Crippen LogP contribution in [0.3, 0.4) is 0 Å². The van der Waals surface area contributed by atoms with Crippen molar-refractivity contribution in [3.8, 4) is 0 Å². The minimum absolute atomic E-state index is 0.317. The molecule has 2 unspecified atom stereocenters. The van der Waals surface area contributed by atoms with Gasteiger partial charge in [-0.2, -0.15) is 0 Å². The van der Waals surface area contributed by atoms with Crippen molar-refractivity contribution in [1.82, 2.24) is 4.98 Å². The van der Waals surface area contributed by atoms with Gasteiger partial charge >= 0.3 is 5.97 Å². The highest BCUT2D eigenvalue weighted by Crippen LogP contribution is 2.17. The summed E-state index contributed by atoms with van der Waals surface area (Å²) in [7, 11) is 0. The van der Waals surface area contributed by atoms with Gasteiger partial charge in [-0.15, -0.1) is 0 Å². The monoisotopic (exact) mass is 293 g/mol. The fourth-order valence-electron chi connectivity index (χ4n) is 1.89. The standard InChI is InChI=1S/C15H23N3O3/c1-5-18(6-2)13-8-7-12(9-16-13)17-14(19)10(3)11(4)15(20)21/h7-11H,5-6H2,1-4H3,(H,17,19)(H,20,21). The summed E-state index contributed by atoms with van der Waals surface area (Å²) in [5, 5.41) is 11.6. The first kappa shape index (κ1) is 16.9. The number of hydrogen-bond donors (Lipinski definition) is 2. The number of pyridine rings is 1. The van der Waals surface area contributed by atoms with Crippen LogP contribution in [0.4, 0.5) is 11.5 Å². The molecule has 0 radical (unpaired) electrons. The van der Waals surface area contributed by atoms with E-state index in [1.54, 1.807) is 19.2 Å². The minimum Gasteiger partial charge on any atom is -0.481 e. The molecule has 1 heterocycles. The number of amides is 1. The Morgan fingerprint density at radius 2 is 1.86 bits per heavy atom. The SMILES string of the molecule is CCN(CC)c1ccc(NC(=O)C(C)C(C)C(=O)O)cn1. The molecule has 0 aliphatic carbocycles. The zero-order valence-electron chi connectivity index (χ0n) is 13.0. The largest absolute Gasteiger partial charge is 0.481 e. The fraction of sp³-hybridized carbons (Fsp3) is 0.533. The van der Waals surface area contributed by atoms with Gasteiger partial charge in [-0.1, -0.05) is 13.8 Å². The lowest BCUT2D eigenvalue weighted by atomic mass is 9.95. The summed E-state index contributed by atoms with van der Waals surface area (Å²) in [6.07, 6.45) is 1.59. The van der Waals surface area contributed by atoms with Crippen molar-refractivity contribution in [3.63, 3.8) is 0 Å². The number of aromatic nitrogens is 1. The molecule has 1 amide bonds. The first-order valence-corrected chi connectivity index (χ1v) is 7.15. The molecule has 1 rings (SSSR count). The number of rotatable bonds is 7. The van der Waals surface area contributed by atoms with Crippen molar-refractivity contribution in [2.24, 2.45) is 11.8 Å². The average Bonchev–Trinajstić information content (AvgIpc) is 2.48. The van der Waals surface area contributed by atoms with Gasteiger partial charge in [0.25, 0.3) is 0 Å². The van der Waals surface area contributed by atoms with E-state index >= 15 is 0 Å². The molecular formula is C15H23N3O3. The van der Waals surface area contributed by atoms with E-state index in [1.807, 2.05) is 6.07 Å². The number of carbonyl (C=O) groups is 2. The molecule has 0 aliphatic rings. The maximum absolute atomic E-state index is 12.0. The lowest BCUT2D eigenvalue weighted by Gasteiger charge is -2.20. The Bertz CT molecular complexity index is 483. The number of nitrogens with zero attached hydrogens (tertiary/aromatic N) is 2. The Balaban J connectivity index is 2.71. The highest BCUT2D eigenvalue weighted by Gasteiger charge is 2.25. The van der Waals surface area contributed by atoms with Gasteiger partial charge in [-0.25, -0.2) is 4.98 Å². The van der Waals surface area contributed by atoms with E-state index in [1.165, 1.54) is 6.92 Å². The van der Waals surface area contributed by atoms with E-state index in [4.69, 9.17) is 5.11 Å². The lowest BCUT2D eigenvalue weighted by molar-refractivity contribution is -0.145. The van der Waals surface area contributed by atoms with Crippen LogP contribution in [0, 0.1) is 11.8 Å². The highest BCUT2D eigenvalue weighted by molar-refractivity contribution is 5.94. The van der Waals surface area contributed by atoms with E-state index < -0.39 is 17.8 Å². The maximum Gasteiger partial charge on any atom is 0.307 e. The zero-order valence-corrected chi connectivity index (χ0v) is 13.0. The lowest BCUT2D eigenvalue weighted by Crippen LogP contribution is -2.30. The van der Waals surface area contributed by atoms with Gasteiger partial charge in [0, 0.05) is 19.0 Å². The molecule has 116 valence electrons. The summed E-state index contributed by atoms with van der Waals surface area (Å²) >= 11 is 0. The third-order valence-corrected chi connectivity index (χ3v) is 3.66. The van der Waals surface area contributed by atoms with E-state index in [0.717, 1.165) is 18.9 Å². The van der Waals surface area contributed by atoms with Crippen molar-refractivity contribution >= 4 is 23.4 Å². The second kappa shape index (κ2) is 7.61. The van der Waals surface area contributed by atoms with Gasteiger partial charge in [-0.3, -0.25) is 9.59 Å². The second-order valence-corrected chi connectivity index (χ2v) is 4.98. The Labute approximate surface area is 125 Å². The van der Waals surface area contributed by atoms with Crippen molar-refractivity contribution in [2.45, 2.75) is 27.7 Å². The molecule has 1 aromatic heterocycles. The summed E-state index contributed by atoms with van der Waals surface area (Å²) in [4.78, 5) is 29.3. The van der Waals surface area contributed by atoms with E-state index in [-0.39, 0.29) is 5.91 Å². The van der Waals surface area contributed by atoms with Crippen LogP contribution in [0.25, 0.3) is 0 Å². The zero-order chi connectivity index (χ0) is 16.0. The van der Waals surface area contributed by atoms with Gasteiger partial charge in [0.2, 0.25) is 5.91 Å². The molecule has 21 heavy (non-hydrogen) atoms. The number of carbonyl (C=O) groups excluding carboxylic acids is 1. The van der Waals surface area contributed by atoms with Crippen LogP contribution in [-0.4, -0.2) is 35.1 Å². The average molecular weight is 293 g/mol. The summed E-state index contributed by atoms with van der Waals surface area (Å²) < 4.78 is 0. The normalized spacial score (nSPS) is 13.3. The van der Waals surface area contributed by atoms with E-state index in [9.17, 15) is 9.59 Å². The molecule has 2 N–H and O–H groups in total. The van der Waals surface area contributed by atoms with Gasteiger partial charge in [-0.05, 0) is 26.0 Å². The topological polar surface area (TPSA) is 82.5 Å². The Hall–Kier alpha value is -2.11. The Kier molecular flexibility index (Phi) is 6.14. The maximum atomic E-state index is 12.0. The van der Waals surface area contributed by atoms with Gasteiger partial charge in [0.1, 0.15) is 5.82 Å². The van der Waals surface area contributed by atoms with Crippen LogP contribution < -0.4 is 10.2 Å². The van der Waals surface area contributed by atoms with Crippen molar-refractivity contribution in [3.05, 3.63) is 18.3 Å². The Morgan fingerprint density at radius 1 is 1.24 bits per heavy atom. The predicted molar refractivity (Wildman–Crippen MR) is 82.4 cm³/mol. The number of anilines is 2. The fourth-order valence-corrected chi connectivity index (χ4v) is 1.89. The number of nitrogens with one attached hydrogen (secondary N) is 1. The molecule has 0 aliphatic heterocycles. The second-order valence-electron chi connectivity index (χ2n) is 4.98. The summed E-state index contributed by atoms with van der Waals surface area (Å²) in [5.41, 5.74) is 0.570. The first-order chi connectivity index (χ1) is 9.90. The van der Waals surface area contributed by atoms with Gasteiger partial charge < -0.3 is 15.3 Å². The molecule has 0 saturated heterocycles. The third-order valence-electron chi connectivity index (χ3n) is 3.66. The van der Waals surface area contributed by atoms with Gasteiger partial charge in [0.05, 0.1) is 17.8 Å². The number of hydrogen-bond acceptors (Lipinski definition) is 4. The predicted octanol–water partition coefficient (Wildman–Crippen LogP) is 2.22. The van der Waals surface area contributed by atoms with Crippen LogP contribution in [0.15, 0.2) is 18.3 Å². The number of carboxylic acid groups (broad SMARTS) is 1. The Morgan fingerprint density at radius 3 is 2.29 bits per heavy atom. The molecule has 2 atom stereocenters. The van der Waals surface area contributed by atoms with Crippen LogP contribution >= 0.6 is 0 Å². The molecular weight excluding hydrogens is 270 g/mol. The quantitative estimate of drug-likeness (QED) is 0.805. The summed E-state index contributed by atoms with van der Waals surface area (Å²) in [6, 6.07) is 3.62. The van der Waals surface area contributed by atoms with Crippen LogP contribution in [0.5, 0.6) is 0 Å². The van der Waals surface area contributed by atoms with Crippen LogP contribution in [0.2, 0.25) is 0 Å². The molecule has 6 nitrogen and oxygen atoms in total. The van der Waals surface area contributed by atoms with E-state index in [0.29, 0.717) is 5.69 Å². The number of aliphatic carboxylic acids is 1. The summed E-state index contributed by atoms with van der Waals surface area (Å²) in [6.45, 7) is 8.95.